The molecule has 6 rings (SSSR count). The lowest BCUT2D eigenvalue weighted by molar-refractivity contribution is -0.0208. The quantitative estimate of drug-likeness (QED) is 0.231. The van der Waals surface area contributed by atoms with Crippen LogP contribution in [-0.2, 0) is 24.5 Å². The third kappa shape index (κ3) is 5.04. The number of morpholine rings is 1. The Morgan fingerprint density at radius 1 is 1.14 bits per heavy atom. The maximum atomic E-state index is 15.4. The lowest BCUT2D eigenvalue weighted by Gasteiger charge is -2.51. The number of fused-ring (bicyclic) bond motifs is 4. The molecule has 0 spiro atoms. The highest BCUT2D eigenvalue weighted by Gasteiger charge is 2.47. The van der Waals surface area contributed by atoms with E-state index in [2.05, 4.69) is 4.74 Å². The number of aromatic nitrogens is 1. The topological polar surface area (TPSA) is 117 Å². The van der Waals surface area contributed by atoms with Crippen LogP contribution in [0.4, 0.5) is 13.6 Å². The normalized spacial score (nSPS) is 19.2. The predicted molar refractivity (Wildman–Crippen MR) is 157 cm³/mol. The molecular formula is C29H28F2N3O8PS. The van der Waals surface area contributed by atoms with Gasteiger partial charge in [0.2, 0.25) is 18.0 Å². The molecular weight excluding hydrogens is 619 g/mol. The number of carbonyl (C=O) groups excluding carboxylic acids is 2. The van der Waals surface area contributed by atoms with Crippen molar-refractivity contribution in [3.8, 4) is 5.75 Å². The van der Waals surface area contributed by atoms with E-state index in [1.165, 1.54) is 46.9 Å². The zero-order chi connectivity index (χ0) is 31.3. The summed E-state index contributed by atoms with van der Waals surface area (Å²) in [5.74, 6) is -2.87. The van der Waals surface area contributed by atoms with E-state index in [4.69, 9.17) is 14.2 Å². The number of thioether (sulfide) groups is 1. The van der Waals surface area contributed by atoms with E-state index < -0.39 is 61.0 Å². The molecule has 1 saturated heterocycles. The van der Waals surface area contributed by atoms with Crippen LogP contribution < -0.4 is 20.5 Å². The zero-order valence-electron chi connectivity index (χ0n) is 24.0. The molecule has 0 aliphatic carbocycles. The summed E-state index contributed by atoms with van der Waals surface area (Å²) in [6.45, 7) is 2.46. The van der Waals surface area contributed by atoms with E-state index in [0.29, 0.717) is 5.56 Å². The Bertz CT molecular complexity index is 1780. The molecule has 0 unspecified atom stereocenters. The smallest absolute Gasteiger partial charge is 0.451 e. The van der Waals surface area contributed by atoms with Gasteiger partial charge >= 0.3 is 6.16 Å². The summed E-state index contributed by atoms with van der Waals surface area (Å²) in [6.07, 6.45) is -0.504. The third-order valence-corrected chi connectivity index (χ3v) is 10.3. The third-order valence-electron chi connectivity index (χ3n) is 7.75. The molecule has 0 saturated carbocycles. The molecule has 232 valence electrons. The van der Waals surface area contributed by atoms with Crippen molar-refractivity contribution in [2.45, 2.75) is 22.9 Å². The fraction of sp³-hybridized carbons (Fsp3) is 0.345. The monoisotopic (exact) mass is 647 g/mol. The minimum absolute atomic E-state index is 0.0506. The molecule has 3 aliphatic rings. The van der Waals surface area contributed by atoms with Gasteiger partial charge in [-0.05, 0) is 36.6 Å². The van der Waals surface area contributed by atoms with Gasteiger partial charge in [-0.3, -0.25) is 19.3 Å². The van der Waals surface area contributed by atoms with Gasteiger partial charge in [0.05, 0.1) is 31.7 Å². The van der Waals surface area contributed by atoms with E-state index in [-0.39, 0.29) is 42.1 Å². The maximum absolute atomic E-state index is 15.4. The van der Waals surface area contributed by atoms with Crippen LogP contribution in [-0.4, -0.2) is 74.8 Å². The van der Waals surface area contributed by atoms with Crippen molar-refractivity contribution in [3.63, 3.8) is 0 Å². The van der Waals surface area contributed by atoms with Crippen LogP contribution >= 0.6 is 18.9 Å². The Hall–Kier alpha value is -3.87. The van der Waals surface area contributed by atoms with Crippen molar-refractivity contribution in [2.24, 2.45) is 0 Å². The van der Waals surface area contributed by atoms with Crippen LogP contribution in [0.1, 0.15) is 33.2 Å². The standard InChI is InChI=1S/C29H28F2N3O8PS/c1-39-29(37)42-15-41-27-25-28(36)32-10-11-40-13-22(32)34(33(25)12-20(26(27)35)43(2,3)38)24-16-8-9-19(30)23(31)18(16)14-44-21-7-5-4-6-17(21)24/h4-9,12,22,24H,10-11,13-15H2,1-3H3/t22-,24+/m1/s1. The number of methoxy groups -OCH3 is 1. The number of pyridine rings is 1. The summed E-state index contributed by atoms with van der Waals surface area (Å²) in [5, 5.41) is 1.63. The minimum atomic E-state index is -3.31. The van der Waals surface area contributed by atoms with Gasteiger partial charge in [-0.25, -0.2) is 13.6 Å². The molecule has 0 N–H and O–H groups in total. The molecule has 2 aromatic carbocycles. The highest BCUT2D eigenvalue weighted by Crippen LogP contribution is 2.45. The van der Waals surface area contributed by atoms with Gasteiger partial charge in [-0.15, -0.1) is 11.8 Å². The summed E-state index contributed by atoms with van der Waals surface area (Å²) >= 11 is 1.35. The summed E-state index contributed by atoms with van der Waals surface area (Å²) in [7, 11) is -2.21. The van der Waals surface area contributed by atoms with E-state index in [1.807, 2.05) is 24.3 Å². The lowest BCUT2D eigenvalue weighted by atomic mass is 9.93. The van der Waals surface area contributed by atoms with Gasteiger partial charge in [0.25, 0.3) is 5.91 Å². The first-order chi connectivity index (χ1) is 21.0. The highest BCUT2D eigenvalue weighted by atomic mass is 32.2. The van der Waals surface area contributed by atoms with Gasteiger partial charge in [-0.2, -0.15) is 0 Å². The molecule has 2 atom stereocenters. The second-order valence-corrected chi connectivity index (χ2v) is 14.9. The van der Waals surface area contributed by atoms with Crippen molar-refractivity contribution < 1.29 is 41.9 Å². The Kier molecular flexibility index (Phi) is 7.93. The Balaban J connectivity index is 1.66. The van der Waals surface area contributed by atoms with E-state index >= 15 is 4.39 Å². The van der Waals surface area contributed by atoms with E-state index in [0.717, 1.165) is 23.6 Å². The lowest BCUT2D eigenvalue weighted by Crippen LogP contribution is -2.67. The van der Waals surface area contributed by atoms with Crippen LogP contribution in [0, 0.1) is 11.6 Å². The molecule has 1 amide bonds. The van der Waals surface area contributed by atoms with Gasteiger partial charge < -0.3 is 28.4 Å². The molecule has 4 heterocycles. The first kappa shape index (κ1) is 30.2. The average Bonchev–Trinajstić information content (AvgIpc) is 3.17. The van der Waals surface area contributed by atoms with Gasteiger partial charge in [0.1, 0.15) is 13.3 Å². The fourth-order valence-corrected chi connectivity index (χ4v) is 7.82. The van der Waals surface area contributed by atoms with Crippen LogP contribution in [0.3, 0.4) is 0 Å². The molecule has 44 heavy (non-hydrogen) atoms. The molecule has 0 bridgehead atoms. The second-order valence-electron chi connectivity index (χ2n) is 10.7. The fourth-order valence-electron chi connectivity index (χ4n) is 5.73. The van der Waals surface area contributed by atoms with Gasteiger partial charge in [-0.1, -0.05) is 24.3 Å². The first-order valence-electron chi connectivity index (χ1n) is 13.6. The van der Waals surface area contributed by atoms with Crippen LogP contribution in [0.25, 0.3) is 0 Å². The molecule has 3 aromatic rings. The van der Waals surface area contributed by atoms with E-state index in [9.17, 15) is 23.3 Å². The largest absolute Gasteiger partial charge is 0.510 e. The number of benzene rings is 2. The molecule has 3 aliphatic heterocycles. The second kappa shape index (κ2) is 11.6. The Morgan fingerprint density at radius 2 is 1.91 bits per heavy atom. The summed E-state index contributed by atoms with van der Waals surface area (Å²) in [5.41, 5.74) is 0.320. The molecule has 1 aromatic heterocycles. The van der Waals surface area contributed by atoms with Crippen LogP contribution in [0.15, 0.2) is 52.3 Å². The molecule has 15 heteroatoms. The number of nitrogens with zero attached hydrogens (tertiary/aromatic N) is 3. The maximum Gasteiger partial charge on any atom is 0.510 e. The predicted octanol–water partition coefficient (Wildman–Crippen LogP) is 3.64. The zero-order valence-corrected chi connectivity index (χ0v) is 25.7. The summed E-state index contributed by atoms with van der Waals surface area (Å²) in [4.78, 5) is 41.8. The summed E-state index contributed by atoms with van der Waals surface area (Å²) < 4.78 is 65.7. The van der Waals surface area contributed by atoms with Gasteiger partial charge in [0.15, 0.2) is 17.3 Å². The highest BCUT2D eigenvalue weighted by molar-refractivity contribution is 7.98. The number of halogens is 2. The SMILES string of the molecule is COC(=O)OCOc1c2n(cc(P(C)(C)=O)c1=O)N([C@@H]1c3ccccc3SCc3c1ccc(F)c3F)[C@@H]1COCCN1C2=O. The number of ether oxygens (including phenoxy) is 4. The summed E-state index contributed by atoms with van der Waals surface area (Å²) in [6, 6.07) is 9.16. The number of hydrogen-bond donors (Lipinski definition) is 0. The van der Waals surface area contributed by atoms with Gasteiger partial charge in [0, 0.05) is 29.0 Å². The first-order valence-corrected chi connectivity index (χ1v) is 17.2. The number of hydrogen-bond acceptors (Lipinski definition) is 10. The Labute approximate surface area is 255 Å². The van der Waals surface area contributed by atoms with Crippen LogP contribution in [0.5, 0.6) is 5.75 Å². The van der Waals surface area contributed by atoms with Crippen LogP contribution in [0.2, 0.25) is 0 Å². The van der Waals surface area contributed by atoms with Crippen molar-refractivity contribution in [1.29, 1.82) is 0 Å². The molecule has 0 radical (unpaired) electrons. The van der Waals surface area contributed by atoms with Crippen molar-refractivity contribution >= 4 is 36.3 Å². The molecule has 1 fully saturated rings. The average molecular weight is 648 g/mol. The van der Waals surface area contributed by atoms with Crippen molar-refractivity contribution in [3.05, 3.63) is 86.8 Å². The number of carbonyl (C=O) groups is 2. The number of amides is 1. The van der Waals surface area contributed by atoms with E-state index in [1.54, 1.807) is 5.01 Å². The van der Waals surface area contributed by atoms with Crippen molar-refractivity contribution in [1.82, 2.24) is 9.58 Å². The van der Waals surface area contributed by atoms with Crippen molar-refractivity contribution in [2.75, 3.05) is 52.0 Å². The Morgan fingerprint density at radius 3 is 2.66 bits per heavy atom. The number of rotatable bonds is 5. The molecule has 11 nitrogen and oxygen atoms in total. The minimum Gasteiger partial charge on any atom is -0.451 e.